The molecule has 0 aromatic heterocycles. The zero-order valence-corrected chi connectivity index (χ0v) is 10.4. The van der Waals surface area contributed by atoms with Crippen LogP contribution in [0.15, 0.2) is 0 Å². The van der Waals surface area contributed by atoms with Crippen molar-refractivity contribution in [2.75, 3.05) is 26.7 Å². The first-order chi connectivity index (χ1) is 7.99. The first-order valence-corrected chi connectivity index (χ1v) is 6.20. The van der Waals surface area contributed by atoms with E-state index in [2.05, 4.69) is 0 Å². The fraction of sp³-hybridized carbons (Fsp3) is 0.833. The third kappa shape index (κ3) is 2.44. The molecule has 2 rings (SSSR count). The molecule has 1 N–H and O–H groups in total. The van der Waals surface area contributed by atoms with E-state index in [4.69, 9.17) is 0 Å². The van der Waals surface area contributed by atoms with Crippen molar-refractivity contribution in [2.45, 2.75) is 25.9 Å². The minimum absolute atomic E-state index is 0.0495. The van der Waals surface area contributed by atoms with Gasteiger partial charge in [-0.2, -0.15) is 0 Å². The van der Waals surface area contributed by atoms with Gasteiger partial charge < -0.3 is 14.9 Å². The van der Waals surface area contributed by atoms with Crippen LogP contribution in [0.3, 0.4) is 0 Å². The number of aliphatic hydroxyl groups excluding tert-OH is 1. The van der Waals surface area contributed by atoms with Crippen molar-refractivity contribution in [3.8, 4) is 0 Å². The Morgan fingerprint density at radius 2 is 2.12 bits per heavy atom. The topological polar surface area (TPSA) is 60.9 Å². The average molecular weight is 240 g/mol. The molecule has 0 saturated carbocycles. The molecule has 0 aromatic carbocycles. The van der Waals surface area contributed by atoms with E-state index >= 15 is 0 Å². The molecule has 0 aromatic rings. The second-order valence-corrected chi connectivity index (χ2v) is 5.29. The molecular formula is C12H20N2O3. The molecule has 0 spiro atoms. The monoisotopic (exact) mass is 240 g/mol. The van der Waals surface area contributed by atoms with E-state index in [1.807, 2.05) is 6.92 Å². The molecule has 0 bridgehead atoms. The Labute approximate surface area is 101 Å². The van der Waals surface area contributed by atoms with Crippen molar-refractivity contribution in [1.82, 2.24) is 9.80 Å². The van der Waals surface area contributed by atoms with Crippen molar-refractivity contribution >= 4 is 11.8 Å². The Balaban J connectivity index is 1.95. The molecule has 3 atom stereocenters. The fourth-order valence-electron chi connectivity index (χ4n) is 2.62. The lowest BCUT2D eigenvalue weighted by molar-refractivity contribution is -0.139. The lowest BCUT2D eigenvalue weighted by Gasteiger charge is -2.35. The van der Waals surface area contributed by atoms with Crippen LogP contribution in [0.25, 0.3) is 0 Å². The van der Waals surface area contributed by atoms with Crippen molar-refractivity contribution in [2.24, 2.45) is 11.8 Å². The second kappa shape index (κ2) is 4.64. The summed E-state index contributed by atoms with van der Waals surface area (Å²) in [5.74, 6) is 0.0624. The van der Waals surface area contributed by atoms with Gasteiger partial charge in [0.05, 0.1) is 12.0 Å². The van der Waals surface area contributed by atoms with E-state index in [1.165, 1.54) is 0 Å². The molecule has 5 heteroatoms. The quantitative estimate of drug-likeness (QED) is 0.684. The van der Waals surface area contributed by atoms with Gasteiger partial charge in [0.15, 0.2) is 0 Å². The van der Waals surface area contributed by atoms with Crippen LogP contribution in [0.5, 0.6) is 0 Å². The number of carbonyl (C=O) groups excluding carboxylic acids is 2. The van der Waals surface area contributed by atoms with Gasteiger partial charge in [0.25, 0.3) is 0 Å². The number of hydrogen-bond donors (Lipinski definition) is 1. The lowest BCUT2D eigenvalue weighted by atomic mass is 9.95. The van der Waals surface area contributed by atoms with Gasteiger partial charge in [0, 0.05) is 33.1 Å². The molecule has 96 valence electrons. The van der Waals surface area contributed by atoms with Crippen LogP contribution < -0.4 is 0 Å². The van der Waals surface area contributed by atoms with Gasteiger partial charge >= 0.3 is 0 Å². The average Bonchev–Trinajstić information content (AvgIpc) is 2.62. The van der Waals surface area contributed by atoms with Gasteiger partial charge in [0.1, 0.15) is 0 Å². The fourth-order valence-corrected chi connectivity index (χ4v) is 2.62. The maximum absolute atomic E-state index is 12.2. The van der Waals surface area contributed by atoms with Crippen molar-refractivity contribution in [1.29, 1.82) is 0 Å². The number of rotatable bonds is 1. The van der Waals surface area contributed by atoms with E-state index in [9.17, 15) is 14.7 Å². The number of amides is 2. The molecule has 5 nitrogen and oxygen atoms in total. The molecule has 2 amide bonds. The normalized spacial score (nSPS) is 34.3. The van der Waals surface area contributed by atoms with Gasteiger partial charge in [-0.25, -0.2) is 0 Å². The standard InChI is InChI=1S/C12H20N2O3/c1-8-6-14(4-3-10(8)15)12(17)9-5-11(16)13(2)7-9/h8-10,15H,3-7H2,1-2H3. The Hall–Kier alpha value is -1.10. The first kappa shape index (κ1) is 12.4. The number of nitrogens with zero attached hydrogens (tertiary/aromatic N) is 2. The van der Waals surface area contributed by atoms with Gasteiger partial charge in [-0.15, -0.1) is 0 Å². The van der Waals surface area contributed by atoms with E-state index in [0.717, 1.165) is 0 Å². The molecule has 2 aliphatic rings. The number of hydrogen-bond acceptors (Lipinski definition) is 3. The van der Waals surface area contributed by atoms with Crippen LogP contribution in [0.4, 0.5) is 0 Å². The maximum atomic E-state index is 12.2. The Morgan fingerprint density at radius 1 is 1.41 bits per heavy atom. The molecule has 2 heterocycles. The van der Waals surface area contributed by atoms with E-state index < -0.39 is 0 Å². The third-order valence-electron chi connectivity index (χ3n) is 3.86. The maximum Gasteiger partial charge on any atom is 0.228 e. The summed E-state index contributed by atoms with van der Waals surface area (Å²) in [4.78, 5) is 27.0. The molecular weight excluding hydrogens is 220 g/mol. The number of likely N-dealkylation sites (tertiary alicyclic amines) is 2. The number of piperidine rings is 1. The second-order valence-electron chi connectivity index (χ2n) is 5.29. The number of carbonyl (C=O) groups is 2. The summed E-state index contributed by atoms with van der Waals surface area (Å²) >= 11 is 0. The molecule has 0 radical (unpaired) electrons. The summed E-state index contributed by atoms with van der Waals surface area (Å²) in [5.41, 5.74) is 0. The van der Waals surface area contributed by atoms with Crippen LogP contribution >= 0.6 is 0 Å². The van der Waals surface area contributed by atoms with Crippen LogP contribution in [0.1, 0.15) is 19.8 Å². The highest BCUT2D eigenvalue weighted by atomic mass is 16.3. The third-order valence-corrected chi connectivity index (χ3v) is 3.86. The molecule has 2 saturated heterocycles. The summed E-state index contributed by atoms with van der Waals surface area (Å²) < 4.78 is 0. The van der Waals surface area contributed by atoms with Crippen molar-refractivity contribution in [3.63, 3.8) is 0 Å². The van der Waals surface area contributed by atoms with Gasteiger partial charge in [0.2, 0.25) is 11.8 Å². The van der Waals surface area contributed by atoms with Crippen LogP contribution in [0.2, 0.25) is 0 Å². The van der Waals surface area contributed by atoms with Gasteiger partial charge in [-0.05, 0) is 12.3 Å². The summed E-state index contributed by atoms with van der Waals surface area (Å²) in [6.07, 6.45) is 0.679. The summed E-state index contributed by atoms with van der Waals surface area (Å²) in [5, 5.41) is 9.63. The predicted octanol–water partition coefficient (Wildman–Crippen LogP) is -0.306. The predicted molar refractivity (Wildman–Crippen MR) is 62.1 cm³/mol. The largest absolute Gasteiger partial charge is 0.393 e. The molecule has 2 fully saturated rings. The summed E-state index contributed by atoms with van der Waals surface area (Å²) in [7, 11) is 1.73. The van der Waals surface area contributed by atoms with Crippen LogP contribution in [0, 0.1) is 11.8 Å². The smallest absolute Gasteiger partial charge is 0.228 e. The van der Waals surface area contributed by atoms with Crippen LogP contribution in [-0.2, 0) is 9.59 Å². The Kier molecular flexibility index (Phi) is 3.38. The minimum Gasteiger partial charge on any atom is -0.393 e. The summed E-state index contributed by atoms with van der Waals surface area (Å²) in [6.45, 7) is 3.70. The van der Waals surface area contributed by atoms with Crippen molar-refractivity contribution < 1.29 is 14.7 Å². The highest BCUT2D eigenvalue weighted by Crippen LogP contribution is 2.23. The zero-order chi connectivity index (χ0) is 12.6. The highest BCUT2D eigenvalue weighted by Gasteiger charge is 2.36. The van der Waals surface area contributed by atoms with Gasteiger partial charge in [-0.3, -0.25) is 9.59 Å². The first-order valence-electron chi connectivity index (χ1n) is 6.20. The van der Waals surface area contributed by atoms with E-state index in [0.29, 0.717) is 32.5 Å². The molecule has 2 aliphatic heterocycles. The summed E-state index contributed by atoms with van der Waals surface area (Å²) in [6, 6.07) is 0. The van der Waals surface area contributed by atoms with Crippen molar-refractivity contribution in [3.05, 3.63) is 0 Å². The zero-order valence-electron chi connectivity index (χ0n) is 10.4. The minimum atomic E-state index is -0.299. The van der Waals surface area contributed by atoms with Gasteiger partial charge in [-0.1, -0.05) is 6.92 Å². The van der Waals surface area contributed by atoms with E-state index in [1.54, 1.807) is 16.8 Å². The highest BCUT2D eigenvalue weighted by molar-refractivity contribution is 5.89. The lowest BCUT2D eigenvalue weighted by Crippen LogP contribution is -2.47. The molecule has 3 unspecified atom stereocenters. The molecule has 17 heavy (non-hydrogen) atoms. The Morgan fingerprint density at radius 3 is 2.65 bits per heavy atom. The number of aliphatic hydroxyl groups is 1. The van der Waals surface area contributed by atoms with Crippen LogP contribution in [-0.4, -0.2) is 59.5 Å². The molecule has 0 aliphatic carbocycles. The Bertz CT molecular complexity index is 332. The SMILES string of the molecule is CC1CN(C(=O)C2CC(=O)N(C)C2)CCC1O. The van der Waals surface area contributed by atoms with E-state index in [-0.39, 0.29) is 29.8 Å².